The van der Waals surface area contributed by atoms with Crippen molar-refractivity contribution < 1.29 is 9.53 Å². The molecule has 33 heavy (non-hydrogen) atoms. The molecule has 7 heteroatoms. The minimum Gasteiger partial charge on any atom is -0.482 e. The lowest BCUT2D eigenvalue weighted by atomic mass is 9.95. The predicted molar refractivity (Wildman–Crippen MR) is 130 cm³/mol. The monoisotopic (exact) mass is 456 g/mol. The maximum Gasteiger partial charge on any atom is 0.262 e. The molecular formula is C26H24N4O2S. The zero-order chi connectivity index (χ0) is 22.2. The summed E-state index contributed by atoms with van der Waals surface area (Å²) in [5.41, 5.74) is 3.76. The van der Waals surface area contributed by atoms with E-state index in [9.17, 15) is 4.79 Å². The van der Waals surface area contributed by atoms with E-state index in [1.165, 1.54) is 12.8 Å². The molecule has 3 unspecified atom stereocenters. The third-order valence-corrected chi connectivity index (χ3v) is 7.39. The first-order valence-electron chi connectivity index (χ1n) is 11.3. The average Bonchev–Trinajstić information content (AvgIpc) is 3.57. The van der Waals surface area contributed by atoms with Crippen molar-refractivity contribution in [2.45, 2.75) is 19.4 Å². The predicted octanol–water partition coefficient (Wildman–Crippen LogP) is 4.69. The molecular weight excluding hydrogens is 432 g/mol. The summed E-state index contributed by atoms with van der Waals surface area (Å²) in [6.07, 6.45) is 9.21. The van der Waals surface area contributed by atoms with Crippen LogP contribution >= 0.6 is 11.3 Å². The fourth-order valence-electron chi connectivity index (χ4n) is 4.85. The van der Waals surface area contributed by atoms with Crippen molar-refractivity contribution in [3.05, 3.63) is 76.4 Å². The molecule has 0 spiro atoms. The molecule has 2 bridgehead atoms. The molecule has 2 aliphatic carbocycles. The van der Waals surface area contributed by atoms with Gasteiger partial charge in [-0.15, -0.1) is 11.3 Å². The van der Waals surface area contributed by atoms with E-state index in [2.05, 4.69) is 41.2 Å². The first-order chi connectivity index (χ1) is 16.2. The minimum absolute atomic E-state index is 0.0512. The average molecular weight is 457 g/mol. The topological polar surface area (TPSA) is 68.0 Å². The summed E-state index contributed by atoms with van der Waals surface area (Å²) in [6.45, 7) is 0.650. The van der Waals surface area contributed by atoms with Gasteiger partial charge < -0.3 is 10.1 Å². The first-order valence-corrected chi connectivity index (χ1v) is 12.2. The van der Waals surface area contributed by atoms with Crippen LogP contribution in [0, 0.1) is 17.8 Å². The summed E-state index contributed by atoms with van der Waals surface area (Å²) in [7, 11) is 0. The molecule has 1 N–H and O–H groups in total. The van der Waals surface area contributed by atoms with E-state index in [1.54, 1.807) is 11.3 Å². The Morgan fingerprint density at radius 2 is 2.06 bits per heavy atom. The van der Waals surface area contributed by atoms with E-state index in [0.717, 1.165) is 21.6 Å². The maximum atomic E-state index is 11.8. The number of benzene rings is 2. The molecule has 1 aliphatic heterocycles. The number of carbonyl (C=O) groups excluding carboxylic acids is 1. The number of anilines is 1. The largest absolute Gasteiger partial charge is 0.482 e. The molecule has 2 aromatic carbocycles. The van der Waals surface area contributed by atoms with Crippen LogP contribution in [0.1, 0.15) is 18.4 Å². The number of hydrogen-bond acceptors (Lipinski definition) is 5. The van der Waals surface area contributed by atoms with Gasteiger partial charge in [0, 0.05) is 23.1 Å². The fraction of sp³-hybridized carbons (Fsp3) is 0.269. The van der Waals surface area contributed by atoms with Gasteiger partial charge in [-0.3, -0.25) is 9.79 Å². The fourth-order valence-corrected chi connectivity index (χ4v) is 5.69. The summed E-state index contributed by atoms with van der Waals surface area (Å²) in [6, 6.07) is 16.1. The molecule has 3 atom stereocenters. The molecule has 0 radical (unpaired) electrons. The SMILES string of the molecule is O=C1COc2ccc(-c3csc(=NCc4ccccc4)n3N=CC3CC4C=CC3C4)cc2N1. The van der Waals surface area contributed by atoms with Crippen LogP contribution in [0.25, 0.3) is 11.3 Å². The smallest absolute Gasteiger partial charge is 0.262 e. The highest BCUT2D eigenvalue weighted by Crippen LogP contribution is 2.42. The number of amides is 1. The van der Waals surface area contributed by atoms with Crippen LogP contribution in [-0.2, 0) is 11.3 Å². The summed E-state index contributed by atoms with van der Waals surface area (Å²) in [4.78, 5) is 17.5. The first kappa shape index (κ1) is 20.2. The molecule has 6 nitrogen and oxygen atoms in total. The van der Waals surface area contributed by atoms with Crippen molar-refractivity contribution in [2.24, 2.45) is 27.8 Å². The molecule has 1 saturated carbocycles. The summed E-state index contributed by atoms with van der Waals surface area (Å²) in [5.74, 6) is 2.32. The van der Waals surface area contributed by atoms with Crippen LogP contribution in [0.4, 0.5) is 5.69 Å². The lowest BCUT2D eigenvalue weighted by Gasteiger charge is -2.18. The number of carbonyl (C=O) groups is 1. The number of fused-ring (bicyclic) bond motifs is 3. The van der Waals surface area contributed by atoms with Gasteiger partial charge in [0.15, 0.2) is 6.61 Å². The van der Waals surface area contributed by atoms with Gasteiger partial charge in [-0.05, 0) is 48.4 Å². The minimum atomic E-state index is -0.140. The van der Waals surface area contributed by atoms with E-state index in [1.807, 2.05) is 41.1 Å². The van der Waals surface area contributed by atoms with Crippen molar-refractivity contribution in [3.8, 4) is 17.0 Å². The van der Waals surface area contributed by atoms with Gasteiger partial charge in [-0.25, -0.2) is 4.68 Å². The van der Waals surface area contributed by atoms with Crippen LogP contribution in [0.5, 0.6) is 5.75 Å². The van der Waals surface area contributed by atoms with Gasteiger partial charge >= 0.3 is 0 Å². The Bertz CT molecular complexity index is 1320. The highest BCUT2D eigenvalue weighted by atomic mass is 32.1. The second-order valence-electron chi connectivity index (χ2n) is 8.77. The quantitative estimate of drug-likeness (QED) is 0.447. The van der Waals surface area contributed by atoms with E-state index in [0.29, 0.717) is 35.7 Å². The molecule has 1 fully saturated rings. The van der Waals surface area contributed by atoms with Crippen molar-refractivity contribution in [2.75, 3.05) is 11.9 Å². The van der Waals surface area contributed by atoms with Crippen molar-refractivity contribution >= 4 is 29.1 Å². The number of hydrogen-bond donors (Lipinski definition) is 1. The Morgan fingerprint density at radius 1 is 1.15 bits per heavy atom. The maximum absolute atomic E-state index is 11.8. The molecule has 6 rings (SSSR count). The summed E-state index contributed by atoms with van der Waals surface area (Å²) >= 11 is 1.58. The van der Waals surface area contributed by atoms with Gasteiger partial charge in [-0.1, -0.05) is 42.5 Å². The van der Waals surface area contributed by atoms with Crippen molar-refractivity contribution in [1.29, 1.82) is 0 Å². The molecule has 0 saturated heterocycles. The van der Waals surface area contributed by atoms with Crippen LogP contribution in [0.3, 0.4) is 0 Å². The molecule has 2 heterocycles. The standard InChI is InChI=1S/C26H24N4O2S/c31-25-15-32-24-9-8-20(12-22(24)29-25)23-16-33-26(27-13-17-4-2-1-3-5-17)30(23)28-14-21-11-18-6-7-19(21)10-18/h1-9,12,14,16,18-19,21H,10-11,13,15H2,(H,29,31). The van der Waals surface area contributed by atoms with E-state index in [-0.39, 0.29) is 12.5 Å². The summed E-state index contributed by atoms with van der Waals surface area (Å²) < 4.78 is 7.46. The van der Waals surface area contributed by atoms with Crippen LogP contribution < -0.4 is 14.9 Å². The molecule has 1 aromatic heterocycles. The number of aromatic nitrogens is 1. The lowest BCUT2D eigenvalue weighted by molar-refractivity contribution is -0.118. The Kier molecular flexibility index (Phi) is 5.19. The van der Waals surface area contributed by atoms with Crippen molar-refractivity contribution in [1.82, 2.24) is 4.68 Å². The van der Waals surface area contributed by atoms with E-state index >= 15 is 0 Å². The van der Waals surface area contributed by atoms with Crippen LogP contribution in [-0.4, -0.2) is 23.4 Å². The number of rotatable bonds is 5. The van der Waals surface area contributed by atoms with Crippen molar-refractivity contribution in [3.63, 3.8) is 0 Å². The van der Waals surface area contributed by atoms with Crippen LogP contribution in [0.15, 0.2) is 76.2 Å². The highest BCUT2D eigenvalue weighted by molar-refractivity contribution is 7.07. The van der Waals surface area contributed by atoms with Crippen LogP contribution in [0.2, 0.25) is 0 Å². The normalized spacial score (nSPS) is 23.7. The second kappa shape index (κ2) is 8.48. The Morgan fingerprint density at radius 3 is 2.88 bits per heavy atom. The number of nitrogens with one attached hydrogen (secondary N) is 1. The zero-order valence-electron chi connectivity index (χ0n) is 18.1. The molecule has 3 aliphatic rings. The van der Waals surface area contributed by atoms with Gasteiger partial charge in [0.2, 0.25) is 4.80 Å². The Hall–Kier alpha value is -3.45. The molecule has 166 valence electrons. The second-order valence-corrected chi connectivity index (χ2v) is 9.61. The Labute approximate surface area is 196 Å². The zero-order valence-corrected chi connectivity index (χ0v) is 18.9. The number of ether oxygens (including phenoxy) is 1. The lowest BCUT2D eigenvalue weighted by Crippen LogP contribution is -2.25. The van der Waals surface area contributed by atoms with Gasteiger partial charge in [0.25, 0.3) is 5.91 Å². The number of allylic oxidation sites excluding steroid dienone is 2. The highest BCUT2D eigenvalue weighted by Gasteiger charge is 2.34. The summed E-state index contributed by atoms with van der Waals surface area (Å²) in [5, 5.41) is 9.92. The number of nitrogens with zero attached hydrogens (tertiary/aromatic N) is 3. The molecule has 3 aromatic rings. The van der Waals surface area contributed by atoms with E-state index in [4.69, 9.17) is 14.8 Å². The van der Waals surface area contributed by atoms with Gasteiger partial charge in [0.1, 0.15) is 5.75 Å². The third-order valence-electron chi connectivity index (χ3n) is 6.54. The third kappa shape index (κ3) is 4.04. The molecule has 1 amide bonds. The van der Waals surface area contributed by atoms with E-state index < -0.39 is 0 Å². The van der Waals surface area contributed by atoms with Gasteiger partial charge in [-0.2, -0.15) is 5.10 Å². The number of thiazole rings is 1. The Balaban J connectivity index is 1.38. The van der Waals surface area contributed by atoms with Gasteiger partial charge in [0.05, 0.1) is 17.9 Å².